The number of amides is 2. The monoisotopic (exact) mass is 400 g/mol. The summed E-state index contributed by atoms with van der Waals surface area (Å²) >= 11 is 0. The van der Waals surface area contributed by atoms with E-state index < -0.39 is 17.8 Å². The molecule has 0 saturated carbocycles. The van der Waals surface area contributed by atoms with Gasteiger partial charge in [0, 0.05) is 36.2 Å². The van der Waals surface area contributed by atoms with E-state index in [2.05, 4.69) is 17.2 Å². The maximum atomic E-state index is 12.9. The fourth-order valence-electron chi connectivity index (χ4n) is 3.39. The first-order valence-electron chi connectivity index (χ1n) is 9.99. The van der Waals surface area contributed by atoms with E-state index >= 15 is 0 Å². The van der Waals surface area contributed by atoms with Gasteiger partial charge in [0.05, 0.1) is 5.92 Å². The molecule has 0 bridgehead atoms. The Bertz CT molecular complexity index is 815. The molecule has 0 aromatic heterocycles. The Labute approximate surface area is 170 Å². The maximum absolute atomic E-state index is 12.9. The molecule has 3 N–H and O–H groups in total. The number of imide groups is 1. The first-order valence-corrected chi connectivity index (χ1v) is 9.99. The number of rotatable bonds is 11. The number of carbonyl (C=O) groups excluding carboxylic acids is 3. The van der Waals surface area contributed by atoms with Gasteiger partial charge < -0.3 is 10.4 Å². The van der Waals surface area contributed by atoms with Crippen molar-refractivity contribution in [1.29, 1.82) is 0 Å². The quantitative estimate of drug-likeness (QED) is 0.228. The third-order valence-corrected chi connectivity index (χ3v) is 5.08. The lowest BCUT2D eigenvalue weighted by atomic mass is 9.85. The molecule has 1 aromatic carbocycles. The number of piperidine rings is 1. The summed E-state index contributed by atoms with van der Waals surface area (Å²) in [6.45, 7) is 6.52. The average Bonchev–Trinajstić information content (AvgIpc) is 2.69. The second kappa shape index (κ2) is 10.5. The number of nitrogens with one attached hydrogen (secondary N) is 2. The van der Waals surface area contributed by atoms with E-state index in [4.69, 9.17) is 5.11 Å². The van der Waals surface area contributed by atoms with Gasteiger partial charge >= 0.3 is 5.97 Å². The van der Waals surface area contributed by atoms with E-state index in [0.717, 1.165) is 30.6 Å². The Morgan fingerprint density at radius 3 is 2.66 bits per heavy atom. The van der Waals surface area contributed by atoms with Gasteiger partial charge in [-0.25, -0.2) is 0 Å². The summed E-state index contributed by atoms with van der Waals surface area (Å²) in [6.07, 6.45) is 3.71. The van der Waals surface area contributed by atoms with Crippen molar-refractivity contribution in [3.05, 3.63) is 41.5 Å². The molecule has 1 aliphatic heterocycles. The van der Waals surface area contributed by atoms with E-state index in [1.165, 1.54) is 0 Å². The van der Waals surface area contributed by atoms with Crippen molar-refractivity contribution in [2.75, 3.05) is 11.9 Å². The van der Waals surface area contributed by atoms with Crippen molar-refractivity contribution in [2.45, 2.75) is 51.9 Å². The van der Waals surface area contributed by atoms with Gasteiger partial charge in [-0.2, -0.15) is 0 Å². The predicted octanol–water partition coefficient (Wildman–Crippen LogP) is 3.10. The number of hydrogen-bond donors (Lipinski definition) is 3. The minimum atomic E-state index is -0.773. The lowest BCUT2D eigenvalue weighted by Crippen LogP contribution is -2.42. The molecule has 1 unspecified atom stereocenters. The summed E-state index contributed by atoms with van der Waals surface area (Å²) in [5.74, 6) is -2.49. The normalized spacial score (nSPS) is 16.2. The Morgan fingerprint density at radius 2 is 2.00 bits per heavy atom. The number of benzene rings is 1. The number of anilines is 1. The molecule has 1 saturated heterocycles. The van der Waals surface area contributed by atoms with Crippen LogP contribution in [0, 0.1) is 5.92 Å². The Balaban J connectivity index is 1.97. The van der Waals surface area contributed by atoms with Crippen molar-refractivity contribution >= 4 is 29.3 Å². The Morgan fingerprint density at radius 1 is 1.24 bits per heavy atom. The van der Waals surface area contributed by atoms with Crippen LogP contribution >= 0.6 is 0 Å². The van der Waals surface area contributed by atoms with Crippen molar-refractivity contribution in [2.24, 2.45) is 5.92 Å². The number of carboxylic acids is 1. The molecule has 1 atom stereocenters. The van der Waals surface area contributed by atoms with Gasteiger partial charge in [-0.05, 0) is 49.4 Å². The highest BCUT2D eigenvalue weighted by Gasteiger charge is 2.32. The summed E-state index contributed by atoms with van der Waals surface area (Å²) in [5.41, 5.74) is 2.49. The molecule has 0 radical (unpaired) electrons. The van der Waals surface area contributed by atoms with Crippen LogP contribution in [0.3, 0.4) is 0 Å². The fraction of sp³-hybridized carbons (Fsp3) is 0.455. The molecule has 1 aromatic rings. The lowest BCUT2D eigenvalue weighted by molar-refractivity contribution is -0.137. The van der Waals surface area contributed by atoms with Crippen LogP contribution in [0.15, 0.2) is 30.4 Å². The molecule has 7 heteroatoms. The molecule has 0 spiro atoms. The molecule has 1 aliphatic rings. The van der Waals surface area contributed by atoms with Crippen LogP contribution in [0.25, 0.3) is 0 Å². The van der Waals surface area contributed by atoms with Crippen LogP contribution in [0.4, 0.5) is 5.69 Å². The van der Waals surface area contributed by atoms with Crippen molar-refractivity contribution in [3.63, 3.8) is 0 Å². The smallest absolute Gasteiger partial charge is 0.303 e. The average molecular weight is 400 g/mol. The van der Waals surface area contributed by atoms with E-state index in [1.807, 2.05) is 19.1 Å². The fourth-order valence-corrected chi connectivity index (χ4v) is 3.39. The first-order chi connectivity index (χ1) is 13.8. The number of ketones is 1. The zero-order chi connectivity index (χ0) is 21.4. The molecule has 7 nitrogen and oxygen atoms in total. The van der Waals surface area contributed by atoms with Crippen LogP contribution in [0.1, 0.15) is 61.4 Å². The van der Waals surface area contributed by atoms with Crippen LogP contribution in [-0.2, 0) is 20.8 Å². The largest absolute Gasteiger partial charge is 0.481 e. The number of Topliss-reactive ketones (excluding diaryl/α,β-unsaturated/α-hetero) is 1. The van der Waals surface area contributed by atoms with E-state index in [9.17, 15) is 19.2 Å². The van der Waals surface area contributed by atoms with E-state index in [-0.39, 0.29) is 30.1 Å². The summed E-state index contributed by atoms with van der Waals surface area (Å²) in [7, 11) is 0. The van der Waals surface area contributed by atoms with Crippen LogP contribution < -0.4 is 10.6 Å². The van der Waals surface area contributed by atoms with Crippen LogP contribution in [0.5, 0.6) is 0 Å². The predicted molar refractivity (Wildman–Crippen MR) is 110 cm³/mol. The van der Waals surface area contributed by atoms with Crippen molar-refractivity contribution in [1.82, 2.24) is 5.32 Å². The van der Waals surface area contributed by atoms with Gasteiger partial charge in [0.25, 0.3) is 0 Å². The number of aliphatic carboxylic acids is 1. The highest BCUT2D eigenvalue weighted by atomic mass is 16.4. The Kier molecular flexibility index (Phi) is 8.12. The summed E-state index contributed by atoms with van der Waals surface area (Å²) in [6, 6.07) is 5.48. The third kappa shape index (κ3) is 6.27. The molecule has 1 fully saturated rings. The van der Waals surface area contributed by atoms with E-state index in [1.54, 1.807) is 6.07 Å². The van der Waals surface area contributed by atoms with E-state index in [0.29, 0.717) is 24.8 Å². The SMILES string of the molecule is C=C(C(=O)c1ccc(NCCCCCC(=O)O)cc1CC)C1CCC(=O)NC1=O. The number of carbonyl (C=O) groups is 4. The number of unbranched alkanes of at least 4 members (excludes halogenated alkanes) is 2. The van der Waals surface area contributed by atoms with Crippen LogP contribution in [0.2, 0.25) is 0 Å². The first kappa shape index (κ1) is 22.3. The van der Waals surface area contributed by atoms with Gasteiger partial charge in [-0.1, -0.05) is 19.9 Å². The highest BCUT2D eigenvalue weighted by Crippen LogP contribution is 2.26. The minimum absolute atomic E-state index is 0.188. The second-order valence-corrected chi connectivity index (χ2v) is 7.21. The number of aryl methyl sites for hydroxylation is 1. The van der Waals surface area contributed by atoms with Crippen LogP contribution in [-0.4, -0.2) is 35.2 Å². The molecular formula is C22H28N2O5. The lowest BCUT2D eigenvalue weighted by Gasteiger charge is -2.22. The topological polar surface area (TPSA) is 113 Å². The van der Waals surface area contributed by atoms with Gasteiger partial charge in [0.2, 0.25) is 11.8 Å². The zero-order valence-corrected chi connectivity index (χ0v) is 16.8. The number of carboxylic acid groups (broad SMARTS) is 1. The maximum Gasteiger partial charge on any atom is 0.303 e. The Hall–Kier alpha value is -2.96. The minimum Gasteiger partial charge on any atom is -0.481 e. The van der Waals surface area contributed by atoms with Gasteiger partial charge in [0.15, 0.2) is 5.78 Å². The molecule has 2 amide bonds. The zero-order valence-electron chi connectivity index (χ0n) is 16.8. The van der Waals surface area contributed by atoms with Crippen molar-refractivity contribution < 1.29 is 24.3 Å². The summed E-state index contributed by atoms with van der Waals surface area (Å²) < 4.78 is 0. The summed E-state index contributed by atoms with van der Waals surface area (Å²) in [4.78, 5) is 46.8. The van der Waals surface area contributed by atoms with Gasteiger partial charge in [0.1, 0.15) is 0 Å². The molecular weight excluding hydrogens is 372 g/mol. The molecule has 2 rings (SSSR count). The molecule has 1 heterocycles. The summed E-state index contributed by atoms with van der Waals surface area (Å²) in [5, 5.41) is 14.2. The molecule has 29 heavy (non-hydrogen) atoms. The molecule has 0 aliphatic carbocycles. The highest BCUT2D eigenvalue weighted by molar-refractivity contribution is 6.14. The third-order valence-electron chi connectivity index (χ3n) is 5.08. The number of hydrogen-bond acceptors (Lipinski definition) is 5. The van der Waals surface area contributed by atoms with Gasteiger partial charge in [-0.3, -0.25) is 24.5 Å². The standard InChI is InChI=1S/C22H28N2O5/c1-3-15-13-16(23-12-6-4-5-7-20(26)27)8-9-18(15)21(28)14(2)17-10-11-19(25)24-22(17)29/h8-9,13,17,23H,2-7,10-12H2,1H3,(H,26,27)(H,24,25,29). The molecule has 156 valence electrons. The van der Waals surface area contributed by atoms with Crippen molar-refractivity contribution in [3.8, 4) is 0 Å². The van der Waals surface area contributed by atoms with Gasteiger partial charge in [-0.15, -0.1) is 0 Å². The second-order valence-electron chi connectivity index (χ2n) is 7.21.